The molecule has 0 saturated heterocycles. The first-order valence-electron chi connectivity index (χ1n) is 12.5. The zero-order valence-electron chi connectivity index (χ0n) is 20.2. The van der Waals surface area contributed by atoms with Gasteiger partial charge in [0, 0.05) is 5.56 Å². The Morgan fingerprint density at radius 2 is 1.71 bits per heavy atom. The second kappa shape index (κ2) is 12.9. The molecule has 0 heterocycles. The molecule has 1 fully saturated rings. The van der Waals surface area contributed by atoms with Crippen molar-refractivity contribution in [3.05, 3.63) is 95.3 Å². The van der Waals surface area contributed by atoms with Gasteiger partial charge < -0.3 is 4.74 Å². The molecular formula is C30H37F3O. The number of benzene rings is 2. The molecule has 2 aromatic carbocycles. The molecule has 0 bridgehead atoms. The Hall–Kier alpha value is -2.33. The molecule has 0 radical (unpaired) electrons. The van der Waals surface area contributed by atoms with Crippen LogP contribution in [0.4, 0.5) is 13.2 Å². The lowest BCUT2D eigenvalue weighted by Gasteiger charge is -2.29. The van der Waals surface area contributed by atoms with E-state index in [-0.39, 0.29) is 5.56 Å². The van der Waals surface area contributed by atoms with Gasteiger partial charge in [-0.1, -0.05) is 54.6 Å². The highest BCUT2D eigenvalue weighted by molar-refractivity contribution is 5.27. The standard InChI is InChI=1S/C30H37F3O/c1-3-5-7-9-24-14-16-26(17-15-24)27-18-19-28(29(31)20-27)22-34-30(32,33)21-25-12-10-23(11-13-25)8-6-4-2/h3-5,10-13,18-20,24,26H,2,6-9,14-17,21-22H2,1H3/b5-3+. The van der Waals surface area contributed by atoms with E-state index in [9.17, 15) is 13.2 Å². The summed E-state index contributed by atoms with van der Waals surface area (Å²) in [6.07, 6.45) is 10.7. The lowest BCUT2D eigenvalue weighted by Crippen LogP contribution is -2.24. The number of ether oxygens (including phenoxy) is 1. The summed E-state index contributed by atoms with van der Waals surface area (Å²) in [6, 6.07) is 12.1. The first kappa shape index (κ1) is 26.3. The maximum absolute atomic E-state index is 14.7. The molecule has 2 aromatic rings. The molecule has 0 amide bonds. The molecule has 34 heavy (non-hydrogen) atoms. The summed E-state index contributed by atoms with van der Waals surface area (Å²) in [7, 11) is 0. The Morgan fingerprint density at radius 1 is 1.00 bits per heavy atom. The Morgan fingerprint density at radius 3 is 2.35 bits per heavy atom. The number of hydrogen-bond donors (Lipinski definition) is 0. The summed E-state index contributed by atoms with van der Waals surface area (Å²) in [6.45, 7) is 5.29. The van der Waals surface area contributed by atoms with Crippen molar-refractivity contribution >= 4 is 0 Å². The van der Waals surface area contributed by atoms with E-state index in [0.717, 1.165) is 62.0 Å². The van der Waals surface area contributed by atoms with Crippen LogP contribution < -0.4 is 0 Å². The van der Waals surface area contributed by atoms with Crippen molar-refractivity contribution < 1.29 is 17.9 Å². The Labute approximate surface area is 202 Å². The van der Waals surface area contributed by atoms with Gasteiger partial charge in [-0.25, -0.2) is 4.39 Å². The van der Waals surface area contributed by atoms with Crippen molar-refractivity contribution in [2.75, 3.05) is 0 Å². The Bertz CT molecular complexity index is 925. The van der Waals surface area contributed by atoms with Crippen molar-refractivity contribution in [1.29, 1.82) is 0 Å². The van der Waals surface area contributed by atoms with Crippen LogP contribution in [0, 0.1) is 11.7 Å². The fraction of sp³-hybridized carbons (Fsp3) is 0.467. The van der Waals surface area contributed by atoms with Gasteiger partial charge in [0.25, 0.3) is 0 Å². The largest absolute Gasteiger partial charge is 0.360 e. The summed E-state index contributed by atoms with van der Waals surface area (Å²) in [5.41, 5.74) is 2.71. The number of hydrogen-bond acceptors (Lipinski definition) is 1. The third-order valence-corrected chi connectivity index (χ3v) is 6.88. The van der Waals surface area contributed by atoms with Gasteiger partial charge in [0.15, 0.2) is 0 Å². The van der Waals surface area contributed by atoms with Crippen molar-refractivity contribution in [3.8, 4) is 0 Å². The van der Waals surface area contributed by atoms with Gasteiger partial charge in [-0.05, 0) is 92.9 Å². The molecule has 184 valence electrons. The van der Waals surface area contributed by atoms with Crippen molar-refractivity contribution in [2.24, 2.45) is 5.92 Å². The van der Waals surface area contributed by atoms with Crippen LogP contribution in [-0.4, -0.2) is 6.11 Å². The number of halogens is 3. The molecule has 1 saturated carbocycles. The SMILES string of the molecule is C=CCCc1ccc(CC(F)(F)OCc2ccc(C3CCC(CC/C=C/C)CC3)cc2F)cc1. The van der Waals surface area contributed by atoms with E-state index >= 15 is 0 Å². The minimum atomic E-state index is -3.36. The van der Waals surface area contributed by atoms with Gasteiger partial charge >= 0.3 is 6.11 Å². The number of alkyl halides is 2. The molecule has 1 aliphatic rings. The van der Waals surface area contributed by atoms with Crippen LogP contribution in [-0.2, 0) is 24.2 Å². The summed E-state index contributed by atoms with van der Waals surface area (Å²) >= 11 is 0. The Balaban J connectivity index is 1.49. The molecule has 0 spiro atoms. The maximum Gasteiger partial charge on any atom is 0.360 e. The zero-order chi connectivity index (χ0) is 24.4. The minimum Gasteiger partial charge on any atom is -0.315 e. The maximum atomic E-state index is 14.7. The fourth-order valence-electron chi connectivity index (χ4n) is 4.78. The first-order chi connectivity index (χ1) is 16.4. The van der Waals surface area contributed by atoms with E-state index < -0.39 is 25.0 Å². The third-order valence-electron chi connectivity index (χ3n) is 6.88. The van der Waals surface area contributed by atoms with Gasteiger partial charge in [-0.2, -0.15) is 8.78 Å². The molecule has 0 aliphatic heterocycles. The van der Waals surface area contributed by atoms with Crippen molar-refractivity contribution in [2.45, 2.75) is 83.3 Å². The predicted octanol–water partition coefficient (Wildman–Crippen LogP) is 8.93. The first-order valence-corrected chi connectivity index (χ1v) is 12.5. The van der Waals surface area contributed by atoms with E-state index in [1.54, 1.807) is 18.2 Å². The van der Waals surface area contributed by atoms with Crippen LogP contribution in [0.25, 0.3) is 0 Å². The number of rotatable bonds is 12. The summed E-state index contributed by atoms with van der Waals surface area (Å²) in [5.74, 6) is 0.629. The minimum absolute atomic E-state index is 0.170. The van der Waals surface area contributed by atoms with Crippen LogP contribution in [0.1, 0.15) is 80.0 Å². The van der Waals surface area contributed by atoms with Crippen LogP contribution in [0.2, 0.25) is 0 Å². The van der Waals surface area contributed by atoms with Crippen LogP contribution in [0.15, 0.2) is 67.3 Å². The van der Waals surface area contributed by atoms with E-state index in [1.807, 2.05) is 31.2 Å². The van der Waals surface area contributed by atoms with E-state index in [1.165, 1.54) is 12.5 Å². The summed E-state index contributed by atoms with van der Waals surface area (Å²) < 4.78 is 48.3. The average molecular weight is 471 g/mol. The predicted molar refractivity (Wildman–Crippen MR) is 134 cm³/mol. The molecule has 1 aliphatic carbocycles. The highest BCUT2D eigenvalue weighted by Gasteiger charge is 2.31. The van der Waals surface area contributed by atoms with E-state index in [4.69, 9.17) is 4.74 Å². The monoisotopic (exact) mass is 470 g/mol. The van der Waals surface area contributed by atoms with E-state index in [2.05, 4.69) is 18.7 Å². The lowest BCUT2D eigenvalue weighted by molar-refractivity contribution is -0.244. The van der Waals surface area contributed by atoms with Gasteiger partial charge in [0.1, 0.15) is 5.82 Å². The Kier molecular flexibility index (Phi) is 10.0. The summed E-state index contributed by atoms with van der Waals surface area (Å²) in [5, 5.41) is 0. The molecule has 4 heteroatoms. The zero-order valence-corrected chi connectivity index (χ0v) is 20.2. The van der Waals surface area contributed by atoms with Gasteiger partial charge in [-0.15, -0.1) is 6.58 Å². The number of allylic oxidation sites excluding steroid dienone is 3. The van der Waals surface area contributed by atoms with Crippen LogP contribution in [0.5, 0.6) is 0 Å². The number of aryl methyl sites for hydroxylation is 1. The van der Waals surface area contributed by atoms with E-state index in [0.29, 0.717) is 11.5 Å². The normalized spacial score (nSPS) is 18.9. The molecule has 3 rings (SSSR count). The second-order valence-electron chi connectivity index (χ2n) is 9.46. The fourth-order valence-corrected chi connectivity index (χ4v) is 4.78. The molecule has 1 nitrogen and oxygen atoms in total. The van der Waals surface area contributed by atoms with Crippen LogP contribution >= 0.6 is 0 Å². The smallest absolute Gasteiger partial charge is 0.315 e. The highest BCUT2D eigenvalue weighted by Crippen LogP contribution is 2.38. The van der Waals surface area contributed by atoms with Crippen molar-refractivity contribution in [1.82, 2.24) is 0 Å². The molecule has 0 N–H and O–H groups in total. The third kappa shape index (κ3) is 8.16. The van der Waals surface area contributed by atoms with Gasteiger partial charge in [-0.3, -0.25) is 0 Å². The topological polar surface area (TPSA) is 9.23 Å². The molecule has 0 atom stereocenters. The molecule has 0 aromatic heterocycles. The van der Waals surface area contributed by atoms with Gasteiger partial charge in [0.2, 0.25) is 0 Å². The molecule has 0 unspecified atom stereocenters. The van der Waals surface area contributed by atoms with Crippen LogP contribution in [0.3, 0.4) is 0 Å². The summed E-state index contributed by atoms with van der Waals surface area (Å²) in [4.78, 5) is 0. The van der Waals surface area contributed by atoms with Gasteiger partial charge in [0.05, 0.1) is 13.0 Å². The molecular weight excluding hydrogens is 433 g/mol. The highest BCUT2D eigenvalue weighted by atomic mass is 19.3. The lowest BCUT2D eigenvalue weighted by atomic mass is 9.77. The second-order valence-corrected chi connectivity index (χ2v) is 9.46. The average Bonchev–Trinajstić information content (AvgIpc) is 2.83. The quantitative estimate of drug-likeness (QED) is 0.281. The van der Waals surface area contributed by atoms with Crippen molar-refractivity contribution in [3.63, 3.8) is 0 Å².